The minimum Gasteiger partial charge on any atom is -0.303 e. The number of hydrogen-bond donors (Lipinski definition) is 0. The summed E-state index contributed by atoms with van der Waals surface area (Å²) in [6.07, 6.45) is 20.1. The van der Waals surface area contributed by atoms with E-state index in [0.717, 1.165) is 12.8 Å². The molecule has 1 aromatic carbocycles. The summed E-state index contributed by atoms with van der Waals surface area (Å²) in [4.78, 5) is 2.60. The Labute approximate surface area is 142 Å². The van der Waals surface area contributed by atoms with E-state index in [1.807, 2.05) is 19.1 Å². The molecule has 0 atom stereocenters. The molecule has 23 heavy (non-hydrogen) atoms. The number of rotatable bonds is 9. The second-order valence-electron chi connectivity index (χ2n) is 6.35. The Bertz CT molecular complexity index is 501. The van der Waals surface area contributed by atoms with Crippen LogP contribution >= 0.6 is 0 Å². The zero-order valence-corrected chi connectivity index (χ0v) is 14.6. The van der Waals surface area contributed by atoms with E-state index in [1.165, 1.54) is 56.4 Å². The van der Waals surface area contributed by atoms with Crippen molar-refractivity contribution in [3.8, 4) is 0 Å². The van der Waals surface area contributed by atoms with Crippen molar-refractivity contribution in [2.24, 2.45) is 0 Å². The van der Waals surface area contributed by atoms with Crippen LogP contribution in [0.1, 0.15) is 43.7 Å². The van der Waals surface area contributed by atoms with E-state index in [2.05, 4.69) is 53.5 Å². The molecule has 0 radical (unpaired) electrons. The van der Waals surface area contributed by atoms with Gasteiger partial charge in [0.2, 0.25) is 0 Å². The van der Waals surface area contributed by atoms with E-state index in [0.29, 0.717) is 0 Å². The van der Waals surface area contributed by atoms with Crippen LogP contribution in [0, 0.1) is 0 Å². The summed E-state index contributed by atoms with van der Waals surface area (Å²) in [6.45, 7) is 5.93. The maximum absolute atomic E-state index is 2.60. The monoisotopic (exact) mass is 309 g/mol. The van der Waals surface area contributed by atoms with Gasteiger partial charge in [-0.05, 0) is 76.2 Å². The first kappa shape index (κ1) is 17.7. The molecule has 1 aliphatic rings. The molecule has 1 saturated heterocycles. The van der Waals surface area contributed by atoms with E-state index in [-0.39, 0.29) is 0 Å². The van der Waals surface area contributed by atoms with Crippen LogP contribution in [0.5, 0.6) is 0 Å². The number of aryl methyl sites for hydroxylation is 2. The number of hydrogen-bond acceptors (Lipinski definition) is 1. The van der Waals surface area contributed by atoms with Crippen LogP contribution in [-0.4, -0.2) is 24.5 Å². The predicted octanol–water partition coefficient (Wildman–Crippen LogP) is 5.34. The van der Waals surface area contributed by atoms with Crippen molar-refractivity contribution in [1.29, 1.82) is 0 Å². The summed E-state index contributed by atoms with van der Waals surface area (Å²) in [5.74, 6) is 0. The molecule has 1 fully saturated rings. The summed E-state index contributed by atoms with van der Waals surface area (Å²) in [6, 6.07) is 9.23. The highest BCUT2D eigenvalue weighted by Crippen LogP contribution is 2.12. The van der Waals surface area contributed by atoms with Crippen LogP contribution in [0.4, 0.5) is 0 Å². The van der Waals surface area contributed by atoms with Gasteiger partial charge in [-0.15, -0.1) is 0 Å². The second-order valence-corrected chi connectivity index (χ2v) is 6.35. The Morgan fingerprint density at radius 1 is 0.870 bits per heavy atom. The maximum atomic E-state index is 2.60. The van der Waals surface area contributed by atoms with Gasteiger partial charge in [-0.3, -0.25) is 0 Å². The average molecular weight is 309 g/mol. The molecule has 0 aliphatic carbocycles. The summed E-state index contributed by atoms with van der Waals surface area (Å²) in [7, 11) is 0. The van der Waals surface area contributed by atoms with Gasteiger partial charge in [0.1, 0.15) is 0 Å². The van der Waals surface area contributed by atoms with Gasteiger partial charge in [0, 0.05) is 0 Å². The molecule has 0 unspecified atom stereocenters. The van der Waals surface area contributed by atoms with Crippen molar-refractivity contribution in [1.82, 2.24) is 4.90 Å². The topological polar surface area (TPSA) is 3.24 Å². The second kappa shape index (κ2) is 11.0. The molecule has 124 valence electrons. The summed E-state index contributed by atoms with van der Waals surface area (Å²) >= 11 is 0. The van der Waals surface area contributed by atoms with Gasteiger partial charge < -0.3 is 4.90 Å². The Hall–Kier alpha value is -1.60. The Morgan fingerprint density at radius 2 is 1.52 bits per heavy atom. The van der Waals surface area contributed by atoms with Crippen LogP contribution < -0.4 is 0 Å². The Morgan fingerprint density at radius 3 is 2.22 bits per heavy atom. The minimum absolute atomic E-state index is 1.11. The van der Waals surface area contributed by atoms with Crippen molar-refractivity contribution >= 4 is 0 Å². The normalized spacial score (nSPS) is 16.4. The van der Waals surface area contributed by atoms with Gasteiger partial charge in [-0.1, -0.05) is 60.7 Å². The first-order chi connectivity index (χ1) is 11.4. The molecule has 0 spiro atoms. The molecule has 1 heteroatoms. The lowest BCUT2D eigenvalue weighted by molar-refractivity contribution is 0.334. The summed E-state index contributed by atoms with van der Waals surface area (Å²) < 4.78 is 0. The maximum Gasteiger partial charge on any atom is -0.00156 e. The number of allylic oxidation sites excluding steroid dienone is 6. The van der Waals surface area contributed by atoms with Crippen molar-refractivity contribution in [2.75, 3.05) is 19.6 Å². The van der Waals surface area contributed by atoms with Crippen molar-refractivity contribution in [3.63, 3.8) is 0 Å². The Kier molecular flexibility index (Phi) is 8.50. The molecule has 0 saturated carbocycles. The lowest BCUT2D eigenvalue weighted by Gasteiger charge is -2.14. The summed E-state index contributed by atoms with van der Waals surface area (Å²) in [5, 5.41) is 0. The predicted molar refractivity (Wildman–Crippen MR) is 102 cm³/mol. The fourth-order valence-corrected chi connectivity index (χ4v) is 3.05. The standard InChI is InChI=1S/C22H31N/c1-2-3-4-5-6-7-8-12-21-14-16-22(17-15-21)13-11-20-23-18-9-10-19-23/h2-7,14-17H,8-13,18-20H2,1H3/b3-2-,5-4-,7-6+. The van der Waals surface area contributed by atoms with E-state index in [1.54, 1.807) is 0 Å². The molecule has 0 amide bonds. The molecule has 1 aromatic rings. The van der Waals surface area contributed by atoms with Crippen molar-refractivity contribution < 1.29 is 0 Å². The lowest BCUT2D eigenvalue weighted by Crippen LogP contribution is -2.20. The molecular formula is C22H31N. The third-order valence-electron chi connectivity index (χ3n) is 4.42. The van der Waals surface area contributed by atoms with Crippen LogP contribution in [0.15, 0.2) is 60.7 Å². The highest BCUT2D eigenvalue weighted by atomic mass is 15.1. The van der Waals surface area contributed by atoms with Crippen LogP contribution in [0.3, 0.4) is 0 Å². The van der Waals surface area contributed by atoms with Gasteiger partial charge >= 0.3 is 0 Å². The van der Waals surface area contributed by atoms with E-state index in [9.17, 15) is 0 Å². The van der Waals surface area contributed by atoms with Crippen molar-refractivity contribution in [2.45, 2.75) is 45.4 Å². The number of benzene rings is 1. The van der Waals surface area contributed by atoms with Gasteiger partial charge in [0.15, 0.2) is 0 Å². The molecule has 1 heterocycles. The lowest BCUT2D eigenvalue weighted by atomic mass is 10.0. The van der Waals surface area contributed by atoms with Crippen LogP contribution in [-0.2, 0) is 12.8 Å². The first-order valence-electron chi connectivity index (χ1n) is 9.13. The number of likely N-dealkylation sites (tertiary alicyclic amines) is 1. The third-order valence-corrected chi connectivity index (χ3v) is 4.42. The van der Waals surface area contributed by atoms with Gasteiger partial charge in [-0.2, -0.15) is 0 Å². The molecule has 1 nitrogen and oxygen atoms in total. The largest absolute Gasteiger partial charge is 0.303 e. The van der Waals surface area contributed by atoms with Crippen molar-refractivity contribution in [3.05, 3.63) is 71.8 Å². The molecule has 0 bridgehead atoms. The quantitative estimate of drug-likeness (QED) is 0.557. The zero-order chi connectivity index (χ0) is 16.2. The molecule has 1 aliphatic heterocycles. The molecular weight excluding hydrogens is 278 g/mol. The zero-order valence-electron chi connectivity index (χ0n) is 14.6. The fourth-order valence-electron chi connectivity index (χ4n) is 3.05. The molecule has 2 rings (SSSR count). The highest BCUT2D eigenvalue weighted by molar-refractivity contribution is 5.23. The third kappa shape index (κ3) is 7.47. The van der Waals surface area contributed by atoms with Gasteiger partial charge in [0.25, 0.3) is 0 Å². The highest BCUT2D eigenvalue weighted by Gasteiger charge is 2.10. The van der Waals surface area contributed by atoms with Crippen LogP contribution in [0.25, 0.3) is 0 Å². The fraction of sp³-hybridized carbons (Fsp3) is 0.455. The van der Waals surface area contributed by atoms with Gasteiger partial charge in [-0.25, -0.2) is 0 Å². The Balaban J connectivity index is 1.63. The molecule has 0 aromatic heterocycles. The minimum atomic E-state index is 1.11. The smallest absolute Gasteiger partial charge is 0.00156 e. The first-order valence-corrected chi connectivity index (χ1v) is 9.13. The average Bonchev–Trinajstić information content (AvgIpc) is 3.09. The molecule has 0 N–H and O–H groups in total. The SMILES string of the molecule is C\C=C/C=C\C=C\CCc1ccc(CCCN2CCCC2)cc1. The van der Waals surface area contributed by atoms with E-state index >= 15 is 0 Å². The van der Waals surface area contributed by atoms with Gasteiger partial charge in [0.05, 0.1) is 0 Å². The van der Waals surface area contributed by atoms with E-state index < -0.39 is 0 Å². The van der Waals surface area contributed by atoms with Crippen LogP contribution in [0.2, 0.25) is 0 Å². The number of nitrogens with zero attached hydrogens (tertiary/aromatic N) is 1. The summed E-state index contributed by atoms with van der Waals surface area (Å²) in [5.41, 5.74) is 2.92. The van der Waals surface area contributed by atoms with E-state index in [4.69, 9.17) is 0 Å².